The monoisotopic (exact) mass is 237 g/mol. The van der Waals surface area contributed by atoms with Crippen molar-refractivity contribution >= 4 is 5.91 Å². The van der Waals surface area contributed by atoms with Crippen LogP contribution in [0.5, 0.6) is 0 Å². The summed E-state index contributed by atoms with van der Waals surface area (Å²) in [5.41, 5.74) is 5.68. The maximum atomic E-state index is 11.1. The van der Waals surface area contributed by atoms with Crippen LogP contribution in [0, 0.1) is 11.8 Å². The lowest BCUT2D eigenvalue weighted by atomic mass is 9.75. The molecule has 4 fully saturated rings. The van der Waals surface area contributed by atoms with Crippen LogP contribution in [0.3, 0.4) is 0 Å². The minimum atomic E-state index is -0.119. The van der Waals surface area contributed by atoms with Gasteiger partial charge in [-0.25, -0.2) is 0 Å². The molecule has 4 rings (SSSR count). The summed E-state index contributed by atoms with van der Waals surface area (Å²) in [6.45, 7) is 7.96. The fraction of sp³-hybridized carbons (Fsp3) is 0.923. The number of primary amides is 1. The Bertz CT molecular complexity index is 319. The van der Waals surface area contributed by atoms with Gasteiger partial charge >= 0.3 is 0 Å². The van der Waals surface area contributed by atoms with Crippen molar-refractivity contribution in [2.75, 3.05) is 32.7 Å². The number of rotatable bonds is 2. The van der Waals surface area contributed by atoms with Crippen molar-refractivity contribution in [2.45, 2.75) is 31.7 Å². The fourth-order valence-corrected chi connectivity index (χ4v) is 3.86. The standard InChI is InChI=1S/C13H23N3O/c1-13(16-8-10(9-16)12(14)17)4-7-15-5-2-11(13)3-6-15/h10-11H,2-9H2,1H3,(H2,14,17). The molecule has 0 aromatic heterocycles. The molecule has 4 heterocycles. The first-order valence-corrected chi connectivity index (χ1v) is 6.86. The lowest BCUT2D eigenvalue weighted by Crippen LogP contribution is -2.64. The molecule has 4 nitrogen and oxygen atoms in total. The van der Waals surface area contributed by atoms with Crippen molar-refractivity contribution in [3.05, 3.63) is 0 Å². The van der Waals surface area contributed by atoms with E-state index in [1.807, 2.05) is 0 Å². The van der Waals surface area contributed by atoms with Crippen LogP contribution in [0.25, 0.3) is 0 Å². The Morgan fingerprint density at radius 1 is 1.24 bits per heavy atom. The van der Waals surface area contributed by atoms with Gasteiger partial charge in [0.1, 0.15) is 0 Å². The number of carbonyl (C=O) groups is 1. The highest BCUT2D eigenvalue weighted by Gasteiger charge is 2.48. The van der Waals surface area contributed by atoms with Crippen molar-refractivity contribution in [3.63, 3.8) is 0 Å². The van der Waals surface area contributed by atoms with Gasteiger partial charge in [0.2, 0.25) is 5.91 Å². The van der Waals surface area contributed by atoms with Crippen LogP contribution in [0.1, 0.15) is 26.2 Å². The molecule has 1 atom stereocenters. The molecule has 4 aliphatic heterocycles. The Morgan fingerprint density at radius 2 is 1.88 bits per heavy atom. The molecule has 17 heavy (non-hydrogen) atoms. The summed E-state index contributed by atoms with van der Waals surface area (Å²) in [6, 6.07) is 0. The van der Waals surface area contributed by atoms with Crippen molar-refractivity contribution in [3.8, 4) is 0 Å². The number of hydrogen-bond donors (Lipinski definition) is 1. The highest BCUT2D eigenvalue weighted by atomic mass is 16.1. The smallest absolute Gasteiger partial charge is 0.223 e. The van der Waals surface area contributed by atoms with Crippen molar-refractivity contribution in [1.82, 2.24) is 9.80 Å². The zero-order chi connectivity index (χ0) is 12.0. The first-order valence-electron chi connectivity index (χ1n) is 6.86. The normalized spacial score (nSPS) is 43.1. The largest absolute Gasteiger partial charge is 0.369 e. The molecule has 4 saturated heterocycles. The summed E-state index contributed by atoms with van der Waals surface area (Å²) >= 11 is 0. The number of likely N-dealkylation sites (tertiary alicyclic amines) is 1. The number of piperidine rings is 1. The van der Waals surface area contributed by atoms with Gasteiger partial charge in [0.15, 0.2) is 0 Å². The van der Waals surface area contributed by atoms with Crippen molar-refractivity contribution < 1.29 is 4.79 Å². The summed E-state index contributed by atoms with van der Waals surface area (Å²) in [6.07, 6.45) is 3.91. The molecule has 4 heteroatoms. The van der Waals surface area contributed by atoms with E-state index >= 15 is 0 Å². The molecule has 2 bridgehead atoms. The average molecular weight is 237 g/mol. The van der Waals surface area contributed by atoms with Crippen LogP contribution in [-0.2, 0) is 4.79 Å². The Hall–Kier alpha value is -0.610. The lowest BCUT2D eigenvalue weighted by molar-refractivity contribution is -0.132. The van der Waals surface area contributed by atoms with E-state index < -0.39 is 0 Å². The van der Waals surface area contributed by atoms with Gasteiger partial charge in [0.25, 0.3) is 0 Å². The average Bonchev–Trinajstić information content (AvgIpc) is 2.47. The second kappa shape index (κ2) is 3.95. The first-order chi connectivity index (χ1) is 8.09. The zero-order valence-electron chi connectivity index (χ0n) is 10.7. The third kappa shape index (κ3) is 1.78. The molecule has 0 aliphatic carbocycles. The highest BCUT2D eigenvalue weighted by Crippen LogP contribution is 2.42. The summed E-state index contributed by atoms with van der Waals surface area (Å²) in [5.74, 6) is 0.800. The molecule has 96 valence electrons. The number of nitrogens with zero attached hydrogens (tertiary/aromatic N) is 2. The van der Waals surface area contributed by atoms with Gasteiger partial charge in [-0.1, -0.05) is 0 Å². The molecule has 0 radical (unpaired) electrons. The van der Waals surface area contributed by atoms with Gasteiger partial charge in [-0.05, 0) is 51.7 Å². The number of hydrogen-bond acceptors (Lipinski definition) is 3. The van der Waals surface area contributed by atoms with Crippen LogP contribution >= 0.6 is 0 Å². The SMILES string of the molecule is CC1(N2CC(C(N)=O)C2)CCN2CCC1CC2. The summed E-state index contributed by atoms with van der Waals surface area (Å²) in [7, 11) is 0. The quantitative estimate of drug-likeness (QED) is 0.750. The third-order valence-electron chi connectivity index (χ3n) is 5.41. The number of amides is 1. The molecule has 0 saturated carbocycles. The van der Waals surface area contributed by atoms with E-state index in [9.17, 15) is 4.79 Å². The van der Waals surface area contributed by atoms with Crippen LogP contribution in [-0.4, -0.2) is 54.0 Å². The van der Waals surface area contributed by atoms with Crippen molar-refractivity contribution in [2.24, 2.45) is 17.6 Å². The van der Waals surface area contributed by atoms with Gasteiger partial charge in [-0.2, -0.15) is 0 Å². The third-order valence-corrected chi connectivity index (χ3v) is 5.41. The number of fused-ring (bicyclic) bond motifs is 4. The molecular weight excluding hydrogens is 214 g/mol. The van der Waals surface area contributed by atoms with Gasteiger partial charge in [-0.15, -0.1) is 0 Å². The van der Waals surface area contributed by atoms with E-state index in [4.69, 9.17) is 5.73 Å². The van der Waals surface area contributed by atoms with Gasteiger partial charge < -0.3 is 10.6 Å². The van der Waals surface area contributed by atoms with Gasteiger partial charge in [0, 0.05) is 18.6 Å². The molecule has 2 N–H and O–H groups in total. The zero-order valence-corrected chi connectivity index (χ0v) is 10.7. The minimum Gasteiger partial charge on any atom is -0.369 e. The molecule has 4 aliphatic rings. The van der Waals surface area contributed by atoms with Gasteiger partial charge in [-0.3, -0.25) is 9.69 Å². The van der Waals surface area contributed by atoms with Crippen LogP contribution in [0.4, 0.5) is 0 Å². The van der Waals surface area contributed by atoms with Crippen LogP contribution < -0.4 is 5.73 Å². The Morgan fingerprint density at radius 3 is 2.47 bits per heavy atom. The highest BCUT2D eigenvalue weighted by molar-refractivity contribution is 5.78. The van der Waals surface area contributed by atoms with E-state index in [1.54, 1.807) is 0 Å². The predicted molar refractivity (Wildman–Crippen MR) is 66.4 cm³/mol. The first kappa shape index (κ1) is 11.5. The summed E-state index contributed by atoms with van der Waals surface area (Å²) in [5, 5.41) is 0. The Kier molecular flexibility index (Phi) is 2.67. The Balaban J connectivity index is 1.71. The molecule has 0 aromatic rings. The molecule has 1 amide bonds. The predicted octanol–water partition coefficient (Wildman–Crippen LogP) is 0.278. The maximum absolute atomic E-state index is 11.1. The van der Waals surface area contributed by atoms with E-state index in [0.717, 1.165) is 19.0 Å². The lowest BCUT2D eigenvalue weighted by Gasteiger charge is -2.53. The minimum absolute atomic E-state index is 0.104. The van der Waals surface area contributed by atoms with E-state index in [0.29, 0.717) is 5.54 Å². The van der Waals surface area contributed by atoms with Gasteiger partial charge in [0.05, 0.1) is 5.92 Å². The van der Waals surface area contributed by atoms with Crippen LogP contribution in [0.2, 0.25) is 0 Å². The fourth-order valence-electron chi connectivity index (χ4n) is 3.86. The summed E-state index contributed by atoms with van der Waals surface area (Å²) < 4.78 is 0. The molecule has 1 unspecified atom stereocenters. The van der Waals surface area contributed by atoms with E-state index in [2.05, 4.69) is 16.7 Å². The Labute approximate surface area is 103 Å². The second-order valence-electron chi connectivity index (χ2n) is 6.23. The molecule has 0 aromatic carbocycles. The van der Waals surface area contributed by atoms with E-state index in [1.165, 1.54) is 38.9 Å². The summed E-state index contributed by atoms with van der Waals surface area (Å²) in [4.78, 5) is 16.2. The van der Waals surface area contributed by atoms with Crippen molar-refractivity contribution in [1.29, 1.82) is 0 Å². The maximum Gasteiger partial charge on any atom is 0.223 e. The molecular formula is C13H23N3O. The van der Waals surface area contributed by atoms with Crippen LogP contribution in [0.15, 0.2) is 0 Å². The van der Waals surface area contributed by atoms with E-state index in [-0.39, 0.29) is 11.8 Å². The number of carbonyl (C=O) groups excluding carboxylic acids is 1. The topological polar surface area (TPSA) is 49.6 Å². The number of nitrogens with two attached hydrogens (primary N) is 1. The molecule has 0 spiro atoms. The second-order valence-corrected chi connectivity index (χ2v) is 6.23.